The van der Waals surface area contributed by atoms with Gasteiger partial charge in [0.05, 0.1) is 12.5 Å². The third-order valence-electron chi connectivity index (χ3n) is 3.42. The molecule has 1 unspecified atom stereocenters. The summed E-state index contributed by atoms with van der Waals surface area (Å²) in [5.41, 5.74) is 0. The maximum atomic E-state index is 8.62. The summed E-state index contributed by atoms with van der Waals surface area (Å²) in [6.07, 6.45) is 4.33. The quantitative estimate of drug-likeness (QED) is 0.730. The molecular weight excluding hydrogens is 172 g/mol. The third-order valence-corrected chi connectivity index (χ3v) is 3.42. The van der Waals surface area contributed by atoms with Gasteiger partial charge in [0.2, 0.25) is 0 Å². The van der Waals surface area contributed by atoms with Crippen molar-refractivity contribution in [3.05, 3.63) is 0 Å². The fraction of sp³-hybridized carbons (Fsp3) is 0.917. The smallest absolute Gasteiger partial charge is 0.0638 e. The summed E-state index contributed by atoms with van der Waals surface area (Å²) in [6, 6.07) is 3.34. The second-order valence-electron chi connectivity index (χ2n) is 4.81. The molecular formula is C12H22N2. The summed E-state index contributed by atoms with van der Waals surface area (Å²) in [6.45, 7) is 6.74. The Kier molecular flexibility index (Phi) is 4.41. The molecule has 0 heterocycles. The number of nitrogens with zero attached hydrogens (tertiary/aromatic N) is 1. The van der Waals surface area contributed by atoms with Crippen LogP contribution in [-0.2, 0) is 0 Å². The Morgan fingerprint density at radius 2 is 2.07 bits per heavy atom. The van der Waals surface area contributed by atoms with Gasteiger partial charge in [0.15, 0.2) is 0 Å². The first-order chi connectivity index (χ1) is 6.67. The Morgan fingerprint density at radius 3 is 2.50 bits per heavy atom. The summed E-state index contributed by atoms with van der Waals surface area (Å²) >= 11 is 0. The first kappa shape index (κ1) is 11.5. The summed E-state index contributed by atoms with van der Waals surface area (Å²) in [5.74, 6) is 1.73. The van der Waals surface area contributed by atoms with E-state index in [0.717, 1.165) is 18.3 Å². The van der Waals surface area contributed by atoms with Gasteiger partial charge >= 0.3 is 0 Å². The molecule has 0 aromatic carbocycles. The van der Waals surface area contributed by atoms with E-state index in [2.05, 4.69) is 32.2 Å². The van der Waals surface area contributed by atoms with Gasteiger partial charge in [-0.1, -0.05) is 20.8 Å². The number of hydrogen-bond acceptors (Lipinski definition) is 2. The van der Waals surface area contributed by atoms with Crippen molar-refractivity contribution in [2.24, 2.45) is 11.8 Å². The molecule has 1 N–H and O–H groups in total. The highest BCUT2D eigenvalue weighted by Crippen LogP contribution is 2.33. The van der Waals surface area contributed by atoms with Crippen molar-refractivity contribution < 1.29 is 0 Å². The van der Waals surface area contributed by atoms with E-state index in [9.17, 15) is 0 Å². The van der Waals surface area contributed by atoms with Gasteiger partial charge < -0.3 is 5.32 Å². The SMILES string of the molecule is CCC(CC#N)NC1CC(C(C)C)C1. The monoisotopic (exact) mass is 194 g/mol. The zero-order valence-electron chi connectivity index (χ0n) is 9.59. The maximum absolute atomic E-state index is 8.62. The average Bonchev–Trinajstić information content (AvgIpc) is 2.07. The Bertz CT molecular complexity index is 199. The lowest BCUT2D eigenvalue weighted by Gasteiger charge is -2.40. The van der Waals surface area contributed by atoms with Crippen molar-refractivity contribution in [1.29, 1.82) is 5.26 Å². The van der Waals surface area contributed by atoms with E-state index in [0.29, 0.717) is 18.5 Å². The highest BCUT2D eigenvalue weighted by Gasteiger charge is 2.31. The molecule has 1 aliphatic carbocycles. The van der Waals surface area contributed by atoms with E-state index < -0.39 is 0 Å². The van der Waals surface area contributed by atoms with Crippen molar-refractivity contribution in [1.82, 2.24) is 5.32 Å². The highest BCUT2D eigenvalue weighted by atomic mass is 15.0. The van der Waals surface area contributed by atoms with Crippen molar-refractivity contribution in [3.8, 4) is 6.07 Å². The molecule has 0 aromatic heterocycles. The lowest BCUT2D eigenvalue weighted by Crippen LogP contribution is -2.47. The fourth-order valence-corrected chi connectivity index (χ4v) is 2.11. The van der Waals surface area contributed by atoms with Crippen LogP contribution in [0.4, 0.5) is 0 Å². The minimum absolute atomic E-state index is 0.415. The normalized spacial score (nSPS) is 28.2. The summed E-state index contributed by atoms with van der Waals surface area (Å²) in [4.78, 5) is 0. The van der Waals surface area contributed by atoms with Gasteiger partial charge in [-0.05, 0) is 31.1 Å². The largest absolute Gasteiger partial charge is 0.310 e. The van der Waals surface area contributed by atoms with Crippen LogP contribution in [0.1, 0.15) is 46.5 Å². The molecule has 0 bridgehead atoms. The van der Waals surface area contributed by atoms with Crippen LogP contribution in [0.3, 0.4) is 0 Å². The average molecular weight is 194 g/mol. The third kappa shape index (κ3) is 2.99. The van der Waals surface area contributed by atoms with Gasteiger partial charge in [-0.3, -0.25) is 0 Å². The predicted octanol–water partition coefficient (Wildman–Crippen LogP) is 2.70. The van der Waals surface area contributed by atoms with Crippen LogP contribution in [-0.4, -0.2) is 12.1 Å². The van der Waals surface area contributed by atoms with Gasteiger partial charge in [0.25, 0.3) is 0 Å². The van der Waals surface area contributed by atoms with Crippen LogP contribution in [0.2, 0.25) is 0 Å². The van der Waals surface area contributed by atoms with Gasteiger partial charge in [0, 0.05) is 12.1 Å². The highest BCUT2D eigenvalue weighted by molar-refractivity contribution is 4.90. The molecule has 0 radical (unpaired) electrons. The molecule has 2 nitrogen and oxygen atoms in total. The van der Waals surface area contributed by atoms with Crippen LogP contribution < -0.4 is 5.32 Å². The zero-order chi connectivity index (χ0) is 10.6. The van der Waals surface area contributed by atoms with Crippen LogP contribution >= 0.6 is 0 Å². The summed E-state index contributed by atoms with van der Waals surface area (Å²) in [7, 11) is 0. The molecule has 1 fully saturated rings. The Labute approximate surface area is 87.7 Å². The molecule has 1 rings (SSSR count). The van der Waals surface area contributed by atoms with Gasteiger partial charge in [0.1, 0.15) is 0 Å². The molecule has 0 aromatic rings. The van der Waals surface area contributed by atoms with Crippen LogP contribution in [0.25, 0.3) is 0 Å². The first-order valence-electron chi connectivity index (χ1n) is 5.80. The van der Waals surface area contributed by atoms with Crippen molar-refractivity contribution in [2.75, 3.05) is 0 Å². The van der Waals surface area contributed by atoms with Gasteiger partial charge in [-0.25, -0.2) is 0 Å². The molecule has 1 aliphatic rings. The van der Waals surface area contributed by atoms with Crippen molar-refractivity contribution >= 4 is 0 Å². The van der Waals surface area contributed by atoms with Crippen molar-refractivity contribution in [2.45, 2.75) is 58.5 Å². The molecule has 0 saturated heterocycles. The maximum Gasteiger partial charge on any atom is 0.0638 e. The molecule has 0 aliphatic heterocycles. The zero-order valence-corrected chi connectivity index (χ0v) is 9.59. The second-order valence-corrected chi connectivity index (χ2v) is 4.81. The Hall–Kier alpha value is -0.550. The van der Waals surface area contributed by atoms with E-state index in [-0.39, 0.29) is 0 Å². The number of rotatable bonds is 5. The second kappa shape index (κ2) is 5.36. The number of hydrogen-bond donors (Lipinski definition) is 1. The molecule has 14 heavy (non-hydrogen) atoms. The van der Waals surface area contributed by atoms with Gasteiger partial charge in [-0.15, -0.1) is 0 Å². The predicted molar refractivity (Wildman–Crippen MR) is 58.8 cm³/mol. The molecule has 1 atom stereocenters. The molecule has 80 valence electrons. The minimum Gasteiger partial charge on any atom is -0.310 e. The molecule has 2 heteroatoms. The van der Waals surface area contributed by atoms with E-state index in [1.54, 1.807) is 0 Å². The topological polar surface area (TPSA) is 35.8 Å². The van der Waals surface area contributed by atoms with E-state index in [1.165, 1.54) is 12.8 Å². The summed E-state index contributed by atoms with van der Waals surface area (Å²) < 4.78 is 0. The minimum atomic E-state index is 0.415. The van der Waals surface area contributed by atoms with Crippen LogP contribution in [0, 0.1) is 23.2 Å². The van der Waals surface area contributed by atoms with E-state index in [4.69, 9.17) is 5.26 Å². The lowest BCUT2D eigenvalue weighted by molar-refractivity contribution is 0.156. The van der Waals surface area contributed by atoms with Gasteiger partial charge in [-0.2, -0.15) is 5.26 Å². The summed E-state index contributed by atoms with van der Waals surface area (Å²) in [5, 5.41) is 12.2. The molecule has 1 saturated carbocycles. The lowest BCUT2D eigenvalue weighted by atomic mass is 9.73. The standard InChI is InChI=1S/C12H22N2/c1-4-11(5-6-13)14-12-7-10(8-12)9(2)3/h9-12,14H,4-5,7-8H2,1-3H3. The van der Waals surface area contributed by atoms with Crippen LogP contribution in [0.15, 0.2) is 0 Å². The molecule has 0 amide bonds. The van der Waals surface area contributed by atoms with Crippen molar-refractivity contribution in [3.63, 3.8) is 0 Å². The van der Waals surface area contributed by atoms with E-state index >= 15 is 0 Å². The Balaban J connectivity index is 2.18. The first-order valence-corrected chi connectivity index (χ1v) is 5.80. The van der Waals surface area contributed by atoms with Crippen LogP contribution in [0.5, 0.6) is 0 Å². The molecule has 0 spiro atoms. The number of nitriles is 1. The number of nitrogens with one attached hydrogen (secondary N) is 1. The van der Waals surface area contributed by atoms with E-state index in [1.807, 2.05) is 0 Å². The fourth-order valence-electron chi connectivity index (χ4n) is 2.11. The Morgan fingerprint density at radius 1 is 1.43 bits per heavy atom.